The predicted molar refractivity (Wildman–Crippen MR) is 111 cm³/mol. The molecule has 4 rings (SSSR count). The summed E-state index contributed by atoms with van der Waals surface area (Å²) in [5.41, 5.74) is 1.11. The van der Waals surface area contributed by atoms with Crippen LogP contribution >= 0.6 is 24.0 Å². The van der Waals surface area contributed by atoms with Gasteiger partial charge in [-0.15, -0.1) is 17.5 Å². The van der Waals surface area contributed by atoms with Crippen molar-refractivity contribution in [1.29, 1.82) is 0 Å². The van der Waals surface area contributed by atoms with E-state index in [1.807, 2.05) is 18.2 Å². The Morgan fingerprint density at radius 2 is 1.93 bits per heavy atom. The van der Waals surface area contributed by atoms with Gasteiger partial charge in [-0.3, -0.25) is 9.30 Å². The van der Waals surface area contributed by atoms with E-state index in [1.54, 1.807) is 24.4 Å². The van der Waals surface area contributed by atoms with Gasteiger partial charge in [-0.05, 0) is 36.8 Å². The number of rotatable bonds is 5. The SMILES string of the molecule is Cl.[2H]C([2H])(CCN1CCN(c2cccc(Cl)c2)CC1)n1nc2ccccn2c1=O. The van der Waals surface area contributed by atoms with Gasteiger partial charge in [0.05, 0.1) is 2.74 Å². The molecule has 0 spiro atoms. The van der Waals surface area contributed by atoms with Crippen LogP contribution in [-0.4, -0.2) is 51.8 Å². The van der Waals surface area contributed by atoms with Crippen LogP contribution in [0, 0.1) is 0 Å². The fraction of sp³-hybridized carbons (Fsp3) is 0.368. The van der Waals surface area contributed by atoms with E-state index in [4.69, 9.17) is 14.3 Å². The molecule has 6 nitrogen and oxygen atoms in total. The van der Waals surface area contributed by atoms with Crippen molar-refractivity contribution < 1.29 is 2.74 Å². The molecule has 27 heavy (non-hydrogen) atoms. The minimum absolute atomic E-state index is 0. The lowest BCUT2D eigenvalue weighted by molar-refractivity contribution is 0.248. The molecule has 144 valence electrons. The van der Waals surface area contributed by atoms with Crippen molar-refractivity contribution in [1.82, 2.24) is 19.1 Å². The minimum atomic E-state index is -1.84. The number of aryl methyl sites for hydroxylation is 1. The quantitative estimate of drug-likeness (QED) is 0.649. The molecule has 0 radical (unpaired) electrons. The fourth-order valence-corrected chi connectivity index (χ4v) is 3.43. The van der Waals surface area contributed by atoms with Crippen molar-refractivity contribution in [3.8, 4) is 0 Å². The molecule has 0 bridgehead atoms. The first-order valence-corrected chi connectivity index (χ1v) is 9.12. The number of benzene rings is 1. The van der Waals surface area contributed by atoms with E-state index in [2.05, 4.69) is 21.0 Å². The molecule has 1 fully saturated rings. The molecule has 0 unspecified atom stereocenters. The number of nitrogens with zero attached hydrogens (tertiary/aromatic N) is 5. The Kier molecular flexibility index (Phi) is 5.56. The van der Waals surface area contributed by atoms with Crippen molar-refractivity contribution in [2.45, 2.75) is 12.9 Å². The van der Waals surface area contributed by atoms with Crippen molar-refractivity contribution in [3.63, 3.8) is 0 Å². The number of aromatic nitrogens is 3. The van der Waals surface area contributed by atoms with Gasteiger partial charge >= 0.3 is 5.69 Å². The van der Waals surface area contributed by atoms with E-state index < -0.39 is 12.2 Å². The van der Waals surface area contributed by atoms with E-state index in [1.165, 1.54) is 4.40 Å². The Bertz CT molecular complexity index is 1030. The molecule has 3 aromatic rings. The molecule has 8 heteroatoms. The van der Waals surface area contributed by atoms with Gasteiger partial charge in [0, 0.05) is 56.1 Å². The molecule has 1 saturated heterocycles. The van der Waals surface area contributed by atoms with E-state index >= 15 is 0 Å². The largest absolute Gasteiger partial charge is 0.369 e. The number of piperazine rings is 1. The van der Waals surface area contributed by atoms with Gasteiger partial charge in [0.2, 0.25) is 0 Å². The molecule has 1 aliphatic rings. The smallest absolute Gasteiger partial charge is 0.350 e. The first-order valence-electron chi connectivity index (χ1n) is 9.74. The maximum Gasteiger partial charge on any atom is 0.350 e. The summed E-state index contributed by atoms with van der Waals surface area (Å²) < 4.78 is 19.0. The van der Waals surface area contributed by atoms with Crippen molar-refractivity contribution >= 4 is 35.3 Å². The van der Waals surface area contributed by atoms with Gasteiger partial charge < -0.3 is 4.90 Å². The summed E-state index contributed by atoms with van der Waals surface area (Å²) in [6.45, 7) is 2.12. The number of anilines is 1. The molecular formula is C19H23Cl2N5O. The number of halogens is 2. The highest BCUT2D eigenvalue weighted by atomic mass is 35.5. The van der Waals surface area contributed by atoms with Gasteiger partial charge in [-0.2, -0.15) is 0 Å². The summed E-state index contributed by atoms with van der Waals surface area (Å²) in [6.07, 6.45) is 1.81. The maximum absolute atomic E-state index is 12.4. The monoisotopic (exact) mass is 409 g/mol. The summed E-state index contributed by atoms with van der Waals surface area (Å²) in [5.74, 6) is 0. The van der Waals surface area contributed by atoms with Crippen LogP contribution in [0.4, 0.5) is 5.69 Å². The Hall–Kier alpha value is -2.02. The molecule has 0 aliphatic carbocycles. The highest BCUT2D eigenvalue weighted by Gasteiger charge is 2.17. The van der Waals surface area contributed by atoms with Gasteiger partial charge in [0.15, 0.2) is 5.65 Å². The molecule has 0 amide bonds. The normalized spacial score (nSPS) is 16.7. The van der Waals surface area contributed by atoms with E-state index in [0.717, 1.165) is 41.6 Å². The second kappa shape index (κ2) is 8.78. The zero-order valence-electron chi connectivity index (χ0n) is 16.8. The lowest BCUT2D eigenvalue weighted by Crippen LogP contribution is -2.46. The minimum Gasteiger partial charge on any atom is -0.369 e. The highest BCUT2D eigenvalue weighted by Crippen LogP contribution is 2.20. The molecule has 1 aromatic carbocycles. The van der Waals surface area contributed by atoms with Gasteiger partial charge in [-0.25, -0.2) is 9.48 Å². The molecule has 0 saturated carbocycles. The van der Waals surface area contributed by atoms with Crippen LogP contribution in [0.25, 0.3) is 5.65 Å². The lowest BCUT2D eigenvalue weighted by Gasteiger charge is -2.36. The third kappa shape index (κ3) is 4.46. The zero-order chi connectivity index (χ0) is 19.7. The summed E-state index contributed by atoms with van der Waals surface area (Å²) in [5, 5.41) is 4.89. The summed E-state index contributed by atoms with van der Waals surface area (Å²) in [7, 11) is 0. The van der Waals surface area contributed by atoms with Gasteiger partial charge in [0.1, 0.15) is 0 Å². The topological polar surface area (TPSA) is 45.8 Å². The van der Waals surface area contributed by atoms with Crippen molar-refractivity contribution in [2.24, 2.45) is 0 Å². The second-order valence-corrected chi connectivity index (χ2v) is 6.78. The number of hydrogen-bond acceptors (Lipinski definition) is 4. The van der Waals surface area contributed by atoms with Crippen LogP contribution in [0.15, 0.2) is 53.5 Å². The summed E-state index contributed by atoms with van der Waals surface area (Å²) >= 11 is 6.08. The number of hydrogen-bond donors (Lipinski definition) is 0. The second-order valence-electron chi connectivity index (χ2n) is 6.34. The summed E-state index contributed by atoms with van der Waals surface area (Å²) in [6, 6.07) is 13.0. The molecule has 1 aliphatic heterocycles. The molecular weight excluding hydrogens is 385 g/mol. The van der Waals surface area contributed by atoms with E-state index in [-0.39, 0.29) is 18.8 Å². The number of pyridine rings is 1. The van der Waals surface area contributed by atoms with E-state index in [0.29, 0.717) is 12.2 Å². The average molecular weight is 410 g/mol. The first-order chi connectivity index (χ1) is 13.4. The van der Waals surface area contributed by atoms with E-state index in [9.17, 15) is 4.79 Å². The molecule has 2 aromatic heterocycles. The Balaban J connectivity index is 0.00000240. The van der Waals surface area contributed by atoms with Crippen molar-refractivity contribution in [3.05, 3.63) is 64.2 Å². The van der Waals surface area contributed by atoms with Crippen LogP contribution < -0.4 is 10.6 Å². The summed E-state index contributed by atoms with van der Waals surface area (Å²) in [4.78, 5) is 16.9. The third-order valence-electron chi connectivity index (χ3n) is 4.66. The highest BCUT2D eigenvalue weighted by molar-refractivity contribution is 6.30. The lowest BCUT2D eigenvalue weighted by atomic mass is 10.2. The Morgan fingerprint density at radius 1 is 1.11 bits per heavy atom. The molecule has 0 atom stereocenters. The Labute approximate surface area is 172 Å². The Morgan fingerprint density at radius 3 is 2.67 bits per heavy atom. The van der Waals surface area contributed by atoms with Crippen molar-refractivity contribution in [2.75, 3.05) is 37.6 Å². The molecule has 3 heterocycles. The molecule has 0 N–H and O–H groups in total. The van der Waals surface area contributed by atoms with Crippen LogP contribution in [0.3, 0.4) is 0 Å². The van der Waals surface area contributed by atoms with Crippen LogP contribution in [0.5, 0.6) is 0 Å². The standard InChI is InChI=1S/C19H22ClN5O.ClH/c20-16-5-3-6-17(15-16)23-13-11-22(12-14-23)8-4-10-25-19(26)24-9-2-1-7-18(24)21-25;/h1-3,5-7,9,15H,4,8,10-14H2;1H/i10D2;. The average Bonchev–Trinajstić information content (AvgIpc) is 3.05. The maximum atomic E-state index is 12.4. The van der Waals surface area contributed by atoms with Crippen LogP contribution in [-0.2, 0) is 6.50 Å². The number of fused-ring (bicyclic) bond motifs is 1. The van der Waals surface area contributed by atoms with Crippen LogP contribution in [0.1, 0.15) is 9.16 Å². The predicted octanol–water partition coefficient (Wildman–Crippen LogP) is 2.78. The van der Waals surface area contributed by atoms with Crippen LogP contribution in [0.2, 0.25) is 5.02 Å². The first kappa shape index (κ1) is 17.1. The van der Waals surface area contributed by atoms with Gasteiger partial charge in [-0.1, -0.05) is 23.7 Å². The zero-order valence-corrected chi connectivity index (χ0v) is 16.4. The van der Waals surface area contributed by atoms with Gasteiger partial charge in [0.25, 0.3) is 0 Å². The third-order valence-corrected chi connectivity index (χ3v) is 4.90. The fourth-order valence-electron chi connectivity index (χ4n) is 3.24.